The first-order valence-electron chi connectivity index (χ1n) is 9.89. The van der Waals surface area contributed by atoms with Crippen LogP contribution in [0.2, 0.25) is 0 Å². The summed E-state index contributed by atoms with van der Waals surface area (Å²) < 4.78 is 16.1. The lowest BCUT2D eigenvalue weighted by Crippen LogP contribution is -2.32. The molecule has 0 fully saturated rings. The number of nitrogens with zero attached hydrogens (tertiary/aromatic N) is 1. The van der Waals surface area contributed by atoms with Crippen LogP contribution >= 0.6 is 0 Å². The Labute approximate surface area is 185 Å². The fourth-order valence-electron chi connectivity index (χ4n) is 3.59. The fourth-order valence-corrected chi connectivity index (χ4v) is 3.59. The van der Waals surface area contributed by atoms with Gasteiger partial charge in [-0.05, 0) is 29.8 Å². The molecule has 0 saturated heterocycles. The summed E-state index contributed by atoms with van der Waals surface area (Å²) in [5, 5.41) is 3.12. The molecular formula is C25H22N2O5. The van der Waals surface area contributed by atoms with E-state index < -0.39 is 11.8 Å². The number of nitrogens with one attached hydrogen (secondary N) is 1. The quantitative estimate of drug-likeness (QED) is 0.569. The Hall–Kier alpha value is -4.26. The summed E-state index contributed by atoms with van der Waals surface area (Å²) in [6.45, 7) is 0. The van der Waals surface area contributed by atoms with Crippen molar-refractivity contribution in [1.82, 2.24) is 0 Å². The number of methoxy groups -OCH3 is 3. The van der Waals surface area contributed by atoms with Crippen molar-refractivity contribution in [2.45, 2.75) is 0 Å². The zero-order chi connectivity index (χ0) is 22.7. The topological polar surface area (TPSA) is 77.1 Å². The minimum absolute atomic E-state index is 0.149. The zero-order valence-electron chi connectivity index (χ0n) is 17.9. The second-order valence-corrected chi connectivity index (χ2v) is 6.92. The maximum Gasteiger partial charge on any atom is 0.282 e. The van der Waals surface area contributed by atoms with E-state index in [1.54, 1.807) is 61.7 Å². The van der Waals surface area contributed by atoms with Crippen LogP contribution in [0.15, 0.2) is 78.5 Å². The number of benzene rings is 3. The lowest BCUT2D eigenvalue weighted by Gasteiger charge is -2.18. The van der Waals surface area contributed by atoms with Crippen LogP contribution in [-0.2, 0) is 9.59 Å². The maximum atomic E-state index is 13.6. The average Bonchev–Trinajstić information content (AvgIpc) is 3.08. The molecular weight excluding hydrogens is 408 g/mol. The summed E-state index contributed by atoms with van der Waals surface area (Å²) in [5.41, 5.74) is 1.94. The normalized spacial score (nSPS) is 13.4. The molecule has 162 valence electrons. The van der Waals surface area contributed by atoms with Gasteiger partial charge in [-0.1, -0.05) is 42.5 Å². The molecule has 1 aliphatic rings. The van der Waals surface area contributed by atoms with E-state index in [1.807, 2.05) is 18.2 Å². The van der Waals surface area contributed by atoms with Gasteiger partial charge in [-0.2, -0.15) is 0 Å². The van der Waals surface area contributed by atoms with Gasteiger partial charge in [0.05, 0.1) is 38.3 Å². The van der Waals surface area contributed by atoms with E-state index in [0.29, 0.717) is 34.2 Å². The van der Waals surface area contributed by atoms with Crippen LogP contribution in [0, 0.1) is 0 Å². The van der Waals surface area contributed by atoms with Gasteiger partial charge in [0.1, 0.15) is 22.9 Å². The Balaban J connectivity index is 1.84. The van der Waals surface area contributed by atoms with Crippen LogP contribution in [0.3, 0.4) is 0 Å². The molecule has 7 nitrogen and oxygen atoms in total. The second kappa shape index (κ2) is 8.85. The predicted octanol–water partition coefficient (Wildman–Crippen LogP) is 4.11. The first-order valence-corrected chi connectivity index (χ1v) is 9.89. The van der Waals surface area contributed by atoms with Gasteiger partial charge in [-0.3, -0.25) is 9.59 Å². The van der Waals surface area contributed by atoms with Crippen LogP contribution in [0.1, 0.15) is 5.56 Å². The van der Waals surface area contributed by atoms with Gasteiger partial charge < -0.3 is 19.5 Å². The molecule has 2 amide bonds. The molecule has 0 bridgehead atoms. The molecule has 32 heavy (non-hydrogen) atoms. The molecule has 3 aromatic carbocycles. The third kappa shape index (κ3) is 3.65. The second-order valence-electron chi connectivity index (χ2n) is 6.92. The van der Waals surface area contributed by atoms with Crippen LogP contribution in [0.5, 0.6) is 17.2 Å². The Bertz CT molecular complexity index is 1200. The highest BCUT2D eigenvalue weighted by Gasteiger charge is 2.41. The van der Waals surface area contributed by atoms with Gasteiger partial charge in [0.2, 0.25) is 0 Å². The van der Waals surface area contributed by atoms with Gasteiger partial charge in [0.25, 0.3) is 11.8 Å². The van der Waals surface area contributed by atoms with Crippen molar-refractivity contribution in [2.24, 2.45) is 0 Å². The number of anilines is 2. The maximum absolute atomic E-state index is 13.6. The number of para-hydroxylation sites is 2. The molecule has 0 unspecified atom stereocenters. The Morgan fingerprint density at radius 2 is 1.41 bits per heavy atom. The molecule has 4 rings (SSSR count). The number of hydrogen-bond acceptors (Lipinski definition) is 6. The lowest BCUT2D eigenvalue weighted by molar-refractivity contribution is -0.120. The molecule has 0 saturated carbocycles. The molecule has 1 aliphatic heterocycles. The van der Waals surface area contributed by atoms with E-state index in [-0.39, 0.29) is 11.3 Å². The third-order valence-corrected chi connectivity index (χ3v) is 5.14. The number of carbonyl (C=O) groups excluding carboxylic acids is 2. The molecule has 0 atom stereocenters. The fraction of sp³-hybridized carbons (Fsp3) is 0.120. The summed E-state index contributed by atoms with van der Waals surface area (Å²) in [6.07, 6.45) is 0. The summed E-state index contributed by atoms with van der Waals surface area (Å²) in [5.74, 6) is 0.566. The number of rotatable bonds is 7. The van der Waals surface area contributed by atoms with Crippen molar-refractivity contribution in [2.75, 3.05) is 31.5 Å². The van der Waals surface area contributed by atoms with E-state index >= 15 is 0 Å². The highest BCUT2D eigenvalue weighted by molar-refractivity contribution is 6.46. The molecule has 7 heteroatoms. The number of ether oxygens (including phenoxy) is 3. The van der Waals surface area contributed by atoms with Crippen LogP contribution in [-0.4, -0.2) is 33.1 Å². The highest BCUT2D eigenvalue weighted by Crippen LogP contribution is 2.39. The SMILES string of the molecule is COc1ccc(NC2=C(c3ccccc3)C(=O)N(c3ccccc3OC)C2=O)c(OC)c1. The lowest BCUT2D eigenvalue weighted by atomic mass is 10.0. The zero-order valence-corrected chi connectivity index (χ0v) is 17.9. The first-order chi connectivity index (χ1) is 15.6. The van der Waals surface area contributed by atoms with Gasteiger partial charge in [-0.25, -0.2) is 4.90 Å². The van der Waals surface area contributed by atoms with Crippen molar-refractivity contribution in [1.29, 1.82) is 0 Å². The largest absolute Gasteiger partial charge is 0.497 e. The minimum atomic E-state index is -0.490. The third-order valence-electron chi connectivity index (χ3n) is 5.14. The van der Waals surface area contributed by atoms with Crippen LogP contribution < -0.4 is 24.4 Å². The summed E-state index contributed by atoms with van der Waals surface area (Å²) in [6, 6.07) is 21.1. The predicted molar refractivity (Wildman–Crippen MR) is 122 cm³/mol. The Kier molecular flexibility index (Phi) is 5.81. The monoisotopic (exact) mass is 430 g/mol. The van der Waals surface area contributed by atoms with Crippen molar-refractivity contribution in [3.05, 3.63) is 84.1 Å². The average molecular weight is 430 g/mol. The van der Waals surface area contributed by atoms with E-state index in [9.17, 15) is 9.59 Å². The van der Waals surface area contributed by atoms with E-state index in [1.165, 1.54) is 14.2 Å². The Morgan fingerprint density at radius 1 is 0.719 bits per heavy atom. The smallest absolute Gasteiger partial charge is 0.282 e. The molecule has 0 aromatic heterocycles. The van der Waals surface area contributed by atoms with E-state index in [4.69, 9.17) is 14.2 Å². The van der Waals surface area contributed by atoms with Gasteiger partial charge in [-0.15, -0.1) is 0 Å². The number of hydrogen-bond donors (Lipinski definition) is 1. The number of carbonyl (C=O) groups is 2. The van der Waals surface area contributed by atoms with E-state index in [0.717, 1.165) is 4.90 Å². The molecule has 1 N–H and O–H groups in total. The molecule has 0 spiro atoms. The van der Waals surface area contributed by atoms with Gasteiger partial charge >= 0.3 is 0 Å². The summed E-state index contributed by atoms with van der Waals surface area (Å²) >= 11 is 0. The standard InChI is InChI=1S/C25H22N2O5/c1-30-17-13-14-18(21(15-17)32-3)26-23-22(16-9-5-4-6-10-16)24(28)27(25(23)29)19-11-7-8-12-20(19)31-2/h4-15,26H,1-3H3. The molecule has 3 aromatic rings. The van der Waals surface area contributed by atoms with Gasteiger partial charge in [0, 0.05) is 6.07 Å². The minimum Gasteiger partial charge on any atom is -0.497 e. The molecule has 1 heterocycles. The van der Waals surface area contributed by atoms with Gasteiger partial charge in [0.15, 0.2) is 0 Å². The van der Waals surface area contributed by atoms with Crippen molar-refractivity contribution in [3.8, 4) is 17.2 Å². The van der Waals surface area contributed by atoms with Crippen molar-refractivity contribution in [3.63, 3.8) is 0 Å². The molecule has 0 radical (unpaired) electrons. The highest BCUT2D eigenvalue weighted by atomic mass is 16.5. The summed E-state index contributed by atoms with van der Waals surface area (Å²) in [4.78, 5) is 28.2. The van der Waals surface area contributed by atoms with Crippen molar-refractivity contribution >= 4 is 28.8 Å². The van der Waals surface area contributed by atoms with Crippen LogP contribution in [0.25, 0.3) is 5.57 Å². The Morgan fingerprint density at radius 3 is 2.09 bits per heavy atom. The van der Waals surface area contributed by atoms with Crippen LogP contribution in [0.4, 0.5) is 11.4 Å². The first kappa shape index (κ1) is 21.0. The summed E-state index contributed by atoms with van der Waals surface area (Å²) in [7, 11) is 4.58. The van der Waals surface area contributed by atoms with Crippen molar-refractivity contribution < 1.29 is 23.8 Å². The number of amides is 2. The van der Waals surface area contributed by atoms with E-state index in [2.05, 4.69) is 5.32 Å². The molecule has 0 aliphatic carbocycles. The number of imide groups is 1.